The Bertz CT molecular complexity index is 346. The van der Waals surface area contributed by atoms with Gasteiger partial charge in [0.05, 0.1) is 26.2 Å². The second-order valence-corrected chi connectivity index (χ2v) is 4.49. The van der Waals surface area contributed by atoms with E-state index in [9.17, 15) is 13.2 Å². The van der Waals surface area contributed by atoms with Crippen LogP contribution in [0.25, 0.3) is 0 Å². The summed E-state index contributed by atoms with van der Waals surface area (Å²) in [7, 11) is 0. The van der Waals surface area contributed by atoms with E-state index >= 15 is 0 Å². The number of nitrogens with one attached hydrogen (secondary N) is 2. The van der Waals surface area contributed by atoms with E-state index < -0.39 is 12.6 Å². The lowest BCUT2D eigenvalue weighted by Crippen LogP contribution is -2.38. The van der Waals surface area contributed by atoms with Crippen molar-refractivity contribution in [2.24, 2.45) is 4.99 Å². The summed E-state index contributed by atoms with van der Waals surface area (Å²) < 4.78 is 41.4. The van der Waals surface area contributed by atoms with Crippen molar-refractivity contribution in [3.05, 3.63) is 11.6 Å². The first-order valence-electron chi connectivity index (χ1n) is 6.86. The highest BCUT2D eigenvalue weighted by Crippen LogP contribution is 2.18. The third kappa shape index (κ3) is 10.8. The van der Waals surface area contributed by atoms with Gasteiger partial charge >= 0.3 is 6.18 Å². The van der Waals surface area contributed by atoms with E-state index in [-0.39, 0.29) is 30.5 Å². The van der Waals surface area contributed by atoms with Gasteiger partial charge in [-0.25, -0.2) is 0 Å². The van der Waals surface area contributed by atoms with Crippen molar-refractivity contribution < 1.29 is 17.9 Å². The summed E-state index contributed by atoms with van der Waals surface area (Å²) in [6.45, 7) is 4.29. The molecule has 0 unspecified atom stereocenters. The smallest absolute Gasteiger partial charge is 0.377 e. The Labute approximate surface area is 140 Å². The van der Waals surface area contributed by atoms with E-state index in [1.807, 2.05) is 6.92 Å². The summed E-state index contributed by atoms with van der Waals surface area (Å²) in [5, 5.41) is 5.98. The van der Waals surface area contributed by atoms with Gasteiger partial charge in [-0.15, -0.1) is 24.0 Å². The number of rotatable bonds is 6. The van der Waals surface area contributed by atoms with Crippen molar-refractivity contribution in [3.8, 4) is 0 Å². The van der Waals surface area contributed by atoms with Gasteiger partial charge in [0.25, 0.3) is 0 Å². The summed E-state index contributed by atoms with van der Waals surface area (Å²) in [4.78, 5) is 3.91. The Morgan fingerprint density at radius 3 is 2.71 bits per heavy atom. The Hall–Kier alpha value is -0.510. The fraction of sp³-hybridized carbons (Fsp3) is 0.769. The van der Waals surface area contributed by atoms with E-state index in [1.165, 1.54) is 5.57 Å². The molecule has 2 N–H and O–H groups in total. The molecular formula is C13H23F3IN3O. The molecule has 1 aliphatic heterocycles. The minimum Gasteiger partial charge on any atom is -0.377 e. The number of hydrogen-bond donors (Lipinski definition) is 2. The van der Waals surface area contributed by atoms with Gasteiger partial charge in [-0.1, -0.05) is 11.6 Å². The molecule has 0 fully saturated rings. The first-order chi connectivity index (χ1) is 9.51. The lowest BCUT2D eigenvalue weighted by molar-refractivity contribution is -0.132. The second kappa shape index (κ2) is 11.1. The van der Waals surface area contributed by atoms with Crippen molar-refractivity contribution in [2.75, 3.05) is 32.8 Å². The molecule has 0 amide bonds. The molecule has 124 valence electrons. The van der Waals surface area contributed by atoms with Crippen LogP contribution in [0.3, 0.4) is 0 Å². The van der Waals surface area contributed by atoms with Crippen LogP contribution >= 0.6 is 24.0 Å². The molecule has 0 aromatic rings. The van der Waals surface area contributed by atoms with Crippen molar-refractivity contribution in [3.63, 3.8) is 0 Å². The molecule has 0 saturated heterocycles. The molecule has 8 heteroatoms. The van der Waals surface area contributed by atoms with Gasteiger partial charge in [-0.2, -0.15) is 13.2 Å². The highest BCUT2D eigenvalue weighted by atomic mass is 127. The molecule has 1 heterocycles. The Morgan fingerprint density at radius 1 is 1.38 bits per heavy atom. The summed E-state index contributed by atoms with van der Waals surface area (Å²) in [6.07, 6.45) is -1.23. The molecule has 21 heavy (non-hydrogen) atoms. The lowest BCUT2D eigenvalue weighted by atomic mass is 10.1. The molecule has 0 saturated carbocycles. The third-order valence-electron chi connectivity index (χ3n) is 2.81. The number of ether oxygens (including phenoxy) is 1. The van der Waals surface area contributed by atoms with Crippen LogP contribution in [0.5, 0.6) is 0 Å². The molecule has 0 spiro atoms. The number of halogens is 4. The zero-order valence-electron chi connectivity index (χ0n) is 12.1. The quantitative estimate of drug-likeness (QED) is 0.300. The second-order valence-electron chi connectivity index (χ2n) is 4.49. The molecule has 0 radical (unpaired) electrons. The molecule has 1 rings (SSSR count). The van der Waals surface area contributed by atoms with E-state index in [1.54, 1.807) is 0 Å². The number of guanidine groups is 1. The first kappa shape index (κ1) is 20.5. The van der Waals surface area contributed by atoms with Gasteiger partial charge in [-0.3, -0.25) is 4.99 Å². The highest BCUT2D eigenvalue weighted by Gasteiger charge is 2.26. The Kier molecular flexibility index (Phi) is 10.8. The van der Waals surface area contributed by atoms with Crippen LogP contribution in [0, 0.1) is 0 Å². The van der Waals surface area contributed by atoms with E-state index in [2.05, 4.69) is 21.7 Å². The van der Waals surface area contributed by atoms with Crippen molar-refractivity contribution >= 4 is 29.9 Å². The van der Waals surface area contributed by atoms with Crippen LogP contribution in [-0.4, -0.2) is 45.0 Å². The van der Waals surface area contributed by atoms with Crippen LogP contribution in [-0.2, 0) is 4.74 Å². The van der Waals surface area contributed by atoms with Gasteiger partial charge < -0.3 is 15.4 Å². The van der Waals surface area contributed by atoms with Gasteiger partial charge in [0.1, 0.15) is 0 Å². The minimum atomic E-state index is -4.16. The van der Waals surface area contributed by atoms with Gasteiger partial charge in [0.15, 0.2) is 5.96 Å². The molecule has 0 aromatic carbocycles. The average molecular weight is 421 g/mol. The van der Waals surface area contributed by atoms with Gasteiger partial charge in [-0.05, 0) is 19.8 Å². The van der Waals surface area contributed by atoms with Crippen molar-refractivity contribution in [1.82, 2.24) is 10.6 Å². The molecule has 0 bridgehead atoms. The van der Waals surface area contributed by atoms with Gasteiger partial charge in [0, 0.05) is 13.1 Å². The zero-order valence-corrected chi connectivity index (χ0v) is 14.5. The molecular weight excluding hydrogens is 398 g/mol. The molecule has 0 atom stereocenters. The zero-order chi connectivity index (χ0) is 14.8. The lowest BCUT2D eigenvalue weighted by Gasteiger charge is -2.15. The fourth-order valence-corrected chi connectivity index (χ4v) is 1.77. The summed E-state index contributed by atoms with van der Waals surface area (Å²) in [6, 6.07) is 0. The van der Waals surface area contributed by atoms with Crippen LogP contribution in [0.4, 0.5) is 13.2 Å². The van der Waals surface area contributed by atoms with Crippen molar-refractivity contribution in [2.45, 2.75) is 32.4 Å². The summed E-state index contributed by atoms with van der Waals surface area (Å²) in [5.41, 5.74) is 1.31. The molecule has 0 aromatic heterocycles. The van der Waals surface area contributed by atoms with Gasteiger partial charge in [0.2, 0.25) is 0 Å². The monoisotopic (exact) mass is 421 g/mol. The number of aliphatic imine (C=N–C) groups is 1. The van der Waals surface area contributed by atoms with Crippen LogP contribution in [0.1, 0.15) is 26.2 Å². The van der Waals surface area contributed by atoms with E-state index in [0.29, 0.717) is 25.7 Å². The molecule has 4 nitrogen and oxygen atoms in total. The maximum Gasteiger partial charge on any atom is 0.390 e. The number of nitrogens with zero attached hydrogens (tertiary/aromatic N) is 1. The summed E-state index contributed by atoms with van der Waals surface area (Å²) in [5.74, 6) is 0.435. The normalized spacial score (nSPS) is 16.0. The van der Waals surface area contributed by atoms with E-state index in [4.69, 9.17) is 4.74 Å². The third-order valence-corrected chi connectivity index (χ3v) is 2.81. The Morgan fingerprint density at radius 2 is 2.14 bits per heavy atom. The van der Waals surface area contributed by atoms with E-state index in [0.717, 1.165) is 19.4 Å². The fourth-order valence-electron chi connectivity index (χ4n) is 1.77. The van der Waals surface area contributed by atoms with Crippen molar-refractivity contribution in [1.29, 1.82) is 0 Å². The predicted molar refractivity (Wildman–Crippen MR) is 88.2 cm³/mol. The summed E-state index contributed by atoms with van der Waals surface area (Å²) >= 11 is 0. The highest BCUT2D eigenvalue weighted by molar-refractivity contribution is 14.0. The Balaban J connectivity index is 0.00000400. The van der Waals surface area contributed by atoms with Crippen LogP contribution < -0.4 is 10.6 Å². The maximum atomic E-state index is 12.1. The largest absolute Gasteiger partial charge is 0.390 e. The number of hydrogen-bond acceptors (Lipinski definition) is 2. The first-order valence-corrected chi connectivity index (χ1v) is 6.86. The average Bonchev–Trinajstić information content (AvgIpc) is 2.38. The van der Waals surface area contributed by atoms with Crippen LogP contribution in [0.2, 0.25) is 0 Å². The molecule has 0 aliphatic carbocycles. The maximum absolute atomic E-state index is 12.1. The SMILES string of the molecule is CCNC(=NCCC(F)(F)F)NCCC1=CCOCC1.I. The van der Waals surface area contributed by atoms with Crippen LogP contribution in [0.15, 0.2) is 16.6 Å². The molecule has 1 aliphatic rings. The number of alkyl halides is 3. The standard InChI is InChI=1S/C13H22F3N3O.HI/c1-2-17-12(19-8-6-13(14,15)16)18-7-3-11-4-9-20-10-5-11;/h4H,2-3,5-10H2,1H3,(H2,17,18,19);1H. The predicted octanol–water partition coefficient (Wildman–Crippen LogP) is 2.85. The topological polar surface area (TPSA) is 45.7 Å². The minimum absolute atomic E-state index is 0.